The van der Waals surface area contributed by atoms with E-state index in [1.165, 1.54) is 12.1 Å². The van der Waals surface area contributed by atoms with E-state index in [1.54, 1.807) is 0 Å². The predicted octanol–water partition coefficient (Wildman–Crippen LogP) is 1.71. The summed E-state index contributed by atoms with van der Waals surface area (Å²) in [6.07, 6.45) is 1.53. The van der Waals surface area contributed by atoms with Crippen molar-refractivity contribution in [3.05, 3.63) is 29.6 Å². The Morgan fingerprint density at radius 3 is 2.72 bits per heavy atom. The third-order valence-corrected chi connectivity index (χ3v) is 3.27. The number of nitrogens with two attached hydrogens (primary N) is 1. The van der Waals surface area contributed by atoms with Crippen LogP contribution >= 0.6 is 0 Å². The zero-order valence-corrected chi connectivity index (χ0v) is 10.3. The van der Waals surface area contributed by atoms with Crippen molar-refractivity contribution in [3.63, 3.8) is 0 Å². The van der Waals surface area contributed by atoms with Crippen molar-refractivity contribution in [2.45, 2.75) is 25.3 Å². The highest BCUT2D eigenvalue weighted by molar-refractivity contribution is 5.99. The predicted molar refractivity (Wildman–Crippen MR) is 66.7 cm³/mol. The van der Waals surface area contributed by atoms with E-state index in [0.717, 1.165) is 18.9 Å². The molecule has 0 aliphatic carbocycles. The smallest absolute Gasteiger partial charge is 0.253 e. The zero-order valence-electron chi connectivity index (χ0n) is 10.3. The highest BCUT2D eigenvalue weighted by Crippen LogP contribution is 2.21. The van der Waals surface area contributed by atoms with Gasteiger partial charge in [0.2, 0.25) is 0 Å². The molecule has 0 atom stereocenters. The van der Waals surface area contributed by atoms with E-state index in [4.69, 9.17) is 10.5 Å². The number of nitrogen functional groups attached to an aromatic ring is 1. The van der Waals surface area contributed by atoms with Crippen molar-refractivity contribution in [3.8, 4) is 0 Å². The van der Waals surface area contributed by atoms with Gasteiger partial charge in [0.25, 0.3) is 5.91 Å². The second-order valence-electron chi connectivity index (χ2n) is 4.86. The van der Waals surface area contributed by atoms with Crippen LogP contribution in [0.3, 0.4) is 0 Å². The van der Waals surface area contributed by atoms with Gasteiger partial charge < -0.3 is 15.8 Å². The van der Waals surface area contributed by atoms with Crippen LogP contribution in [0, 0.1) is 5.82 Å². The number of benzene rings is 1. The molecule has 0 aromatic heterocycles. The molecule has 1 fully saturated rings. The van der Waals surface area contributed by atoms with E-state index in [1.807, 2.05) is 6.92 Å². The van der Waals surface area contributed by atoms with Gasteiger partial charge in [-0.05, 0) is 38.0 Å². The lowest BCUT2D eigenvalue weighted by atomic mass is 9.92. The summed E-state index contributed by atoms with van der Waals surface area (Å²) in [6, 6.07) is 3.79. The van der Waals surface area contributed by atoms with E-state index in [2.05, 4.69) is 5.32 Å². The number of carbonyl (C=O) groups excluding carboxylic acids is 1. The van der Waals surface area contributed by atoms with Crippen LogP contribution in [-0.2, 0) is 4.74 Å². The molecular formula is C13H17FN2O2. The number of rotatable bonds is 2. The van der Waals surface area contributed by atoms with Gasteiger partial charge in [-0.2, -0.15) is 0 Å². The van der Waals surface area contributed by atoms with Crippen LogP contribution < -0.4 is 11.1 Å². The topological polar surface area (TPSA) is 64.4 Å². The molecule has 18 heavy (non-hydrogen) atoms. The fraction of sp³-hybridized carbons (Fsp3) is 0.462. The first-order valence-electron chi connectivity index (χ1n) is 5.95. The van der Waals surface area contributed by atoms with Crippen molar-refractivity contribution in [2.24, 2.45) is 0 Å². The van der Waals surface area contributed by atoms with Crippen molar-refractivity contribution < 1.29 is 13.9 Å². The summed E-state index contributed by atoms with van der Waals surface area (Å²) < 4.78 is 18.2. The molecule has 1 aromatic carbocycles. The van der Waals surface area contributed by atoms with Crippen molar-refractivity contribution >= 4 is 11.6 Å². The van der Waals surface area contributed by atoms with Crippen LogP contribution in [0.1, 0.15) is 30.1 Å². The third kappa shape index (κ3) is 2.79. The third-order valence-electron chi connectivity index (χ3n) is 3.27. The number of hydrogen-bond acceptors (Lipinski definition) is 3. The number of halogens is 1. The molecule has 1 heterocycles. The molecule has 98 valence electrons. The zero-order chi connectivity index (χ0) is 13.2. The molecular weight excluding hydrogens is 235 g/mol. The van der Waals surface area contributed by atoms with E-state index in [0.29, 0.717) is 18.8 Å². The van der Waals surface area contributed by atoms with Crippen molar-refractivity contribution in [1.29, 1.82) is 0 Å². The molecule has 1 saturated heterocycles. The Morgan fingerprint density at radius 2 is 2.11 bits per heavy atom. The summed E-state index contributed by atoms with van der Waals surface area (Å²) in [7, 11) is 0. The van der Waals surface area contributed by atoms with Crippen LogP contribution in [0.2, 0.25) is 0 Å². The Labute approximate surface area is 105 Å². The summed E-state index contributed by atoms with van der Waals surface area (Å²) in [5.74, 6) is -0.710. The van der Waals surface area contributed by atoms with Crippen LogP contribution in [0.15, 0.2) is 18.2 Å². The average molecular weight is 252 g/mol. The first kappa shape index (κ1) is 12.8. The van der Waals surface area contributed by atoms with Gasteiger partial charge in [0.1, 0.15) is 5.82 Å². The maximum absolute atomic E-state index is 12.9. The molecule has 0 bridgehead atoms. The summed E-state index contributed by atoms with van der Waals surface area (Å²) in [4.78, 5) is 12.1. The highest BCUT2D eigenvalue weighted by atomic mass is 19.1. The SMILES string of the molecule is CC1(NC(=O)c2ccc(F)cc2N)CCOCC1. The molecule has 1 aliphatic heterocycles. The fourth-order valence-corrected chi connectivity index (χ4v) is 2.03. The molecule has 0 spiro atoms. The summed E-state index contributed by atoms with van der Waals surface area (Å²) in [6.45, 7) is 3.25. The fourth-order valence-electron chi connectivity index (χ4n) is 2.03. The standard InChI is InChI=1S/C13H17FN2O2/c1-13(4-6-18-7-5-13)16-12(17)10-3-2-9(14)8-11(10)15/h2-3,8H,4-7,15H2,1H3,(H,16,17). The molecule has 0 saturated carbocycles. The molecule has 1 aromatic rings. The minimum Gasteiger partial charge on any atom is -0.398 e. The monoisotopic (exact) mass is 252 g/mol. The van der Waals surface area contributed by atoms with Gasteiger partial charge in [0, 0.05) is 24.4 Å². The number of nitrogens with one attached hydrogen (secondary N) is 1. The van der Waals surface area contributed by atoms with Crippen LogP contribution in [0.4, 0.5) is 10.1 Å². The van der Waals surface area contributed by atoms with Crippen LogP contribution in [0.5, 0.6) is 0 Å². The number of hydrogen-bond donors (Lipinski definition) is 2. The summed E-state index contributed by atoms with van der Waals surface area (Å²) in [5, 5.41) is 2.95. The Hall–Kier alpha value is -1.62. The molecule has 1 amide bonds. The van der Waals surface area contributed by atoms with Crippen molar-refractivity contribution in [2.75, 3.05) is 18.9 Å². The second-order valence-corrected chi connectivity index (χ2v) is 4.86. The first-order chi connectivity index (χ1) is 8.50. The van der Waals surface area contributed by atoms with E-state index in [9.17, 15) is 9.18 Å². The number of anilines is 1. The Kier molecular flexibility index (Phi) is 3.52. The summed E-state index contributed by atoms with van der Waals surface area (Å²) >= 11 is 0. The van der Waals surface area contributed by atoms with Gasteiger partial charge in [0.05, 0.1) is 5.56 Å². The molecule has 1 aliphatic rings. The molecule has 0 unspecified atom stereocenters. The quantitative estimate of drug-likeness (QED) is 0.787. The molecule has 0 radical (unpaired) electrons. The van der Waals surface area contributed by atoms with Crippen molar-refractivity contribution in [1.82, 2.24) is 5.32 Å². The minimum absolute atomic E-state index is 0.156. The number of ether oxygens (including phenoxy) is 1. The number of carbonyl (C=O) groups is 1. The van der Waals surface area contributed by atoms with Gasteiger partial charge in [-0.3, -0.25) is 4.79 Å². The summed E-state index contributed by atoms with van der Waals surface area (Å²) in [5.41, 5.74) is 5.83. The van der Waals surface area contributed by atoms with Crippen LogP contribution in [0.25, 0.3) is 0 Å². The van der Waals surface area contributed by atoms with Gasteiger partial charge in [-0.25, -0.2) is 4.39 Å². The van der Waals surface area contributed by atoms with Crippen LogP contribution in [-0.4, -0.2) is 24.7 Å². The average Bonchev–Trinajstić information content (AvgIpc) is 2.28. The minimum atomic E-state index is -0.443. The lowest BCUT2D eigenvalue weighted by Gasteiger charge is -2.34. The van der Waals surface area contributed by atoms with E-state index < -0.39 is 5.82 Å². The lowest BCUT2D eigenvalue weighted by Crippen LogP contribution is -2.49. The Bertz CT molecular complexity index is 456. The number of amides is 1. The largest absolute Gasteiger partial charge is 0.398 e. The maximum Gasteiger partial charge on any atom is 0.253 e. The highest BCUT2D eigenvalue weighted by Gasteiger charge is 2.29. The first-order valence-corrected chi connectivity index (χ1v) is 5.95. The van der Waals surface area contributed by atoms with Gasteiger partial charge in [0.15, 0.2) is 0 Å². The van der Waals surface area contributed by atoms with Gasteiger partial charge in [-0.1, -0.05) is 0 Å². The second kappa shape index (κ2) is 4.94. The Balaban J connectivity index is 2.11. The van der Waals surface area contributed by atoms with E-state index in [-0.39, 0.29) is 17.1 Å². The molecule has 2 rings (SSSR count). The normalized spacial score (nSPS) is 18.3. The maximum atomic E-state index is 12.9. The lowest BCUT2D eigenvalue weighted by molar-refractivity contribution is 0.0423. The van der Waals surface area contributed by atoms with Gasteiger partial charge >= 0.3 is 0 Å². The molecule has 4 nitrogen and oxygen atoms in total. The van der Waals surface area contributed by atoms with Gasteiger partial charge in [-0.15, -0.1) is 0 Å². The molecule has 5 heteroatoms. The molecule has 3 N–H and O–H groups in total. The van der Waals surface area contributed by atoms with E-state index >= 15 is 0 Å². The Morgan fingerprint density at radius 1 is 1.44 bits per heavy atom.